The second-order valence-corrected chi connectivity index (χ2v) is 5.00. The first-order valence-electron chi connectivity index (χ1n) is 5.02. The fourth-order valence-corrected chi connectivity index (χ4v) is 2.13. The van der Waals surface area contributed by atoms with E-state index in [2.05, 4.69) is 25.3 Å². The molecule has 0 bridgehead atoms. The van der Waals surface area contributed by atoms with E-state index in [4.69, 9.17) is 10.5 Å². The molecule has 0 radical (unpaired) electrons. The van der Waals surface area contributed by atoms with Crippen molar-refractivity contribution < 1.29 is 4.74 Å². The predicted molar refractivity (Wildman–Crippen MR) is 61.5 cm³/mol. The highest BCUT2D eigenvalue weighted by molar-refractivity contribution is 7.10. The number of rotatable bonds is 5. The average Bonchev–Trinajstić information content (AvgIpc) is 2.56. The highest BCUT2D eigenvalue weighted by Crippen LogP contribution is 2.25. The van der Waals surface area contributed by atoms with Crippen LogP contribution >= 0.6 is 11.3 Å². The molecule has 1 aromatic heterocycles. The molecule has 0 spiro atoms. The van der Waals surface area contributed by atoms with Gasteiger partial charge in [-0.25, -0.2) is 0 Å². The maximum Gasteiger partial charge on any atom is 0.106 e. The van der Waals surface area contributed by atoms with E-state index in [1.807, 2.05) is 13.0 Å². The molecule has 0 saturated heterocycles. The molecule has 0 aliphatic rings. The Morgan fingerprint density at radius 1 is 1.43 bits per heavy atom. The van der Waals surface area contributed by atoms with E-state index in [0.717, 1.165) is 6.61 Å². The summed E-state index contributed by atoms with van der Waals surface area (Å²) in [5.41, 5.74) is 5.90. The van der Waals surface area contributed by atoms with Crippen molar-refractivity contribution in [3.8, 4) is 0 Å². The van der Waals surface area contributed by atoms with Crippen LogP contribution in [0.3, 0.4) is 0 Å². The van der Waals surface area contributed by atoms with Crippen molar-refractivity contribution in [2.45, 2.75) is 32.9 Å². The average molecular weight is 213 g/mol. The lowest BCUT2D eigenvalue weighted by Crippen LogP contribution is -2.27. The fraction of sp³-hybridized carbons (Fsp3) is 0.636. The topological polar surface area (TPSA) is 35.2 Å². The van der Waals surface area contributed by atoms with Crippen LogP contribution in [0.5, 0.6) is 0 Å². The molecule has 0 aliphatic carbocycles. The van der Waals surface area contributed by atoms with E-state index in [1.165, 1.54) is 4.88 Å². The maximum atomic E-state index is 5.90. The van der Waals surface area contributed by atoms with Crippen molar-refractivity contribution in [1.29, 1.82) is 0 Å². The van der Waals surface area contributed by atoms with Crippen molar-refractivity contribution in [2.24, 2.45) is 11.7 Å². The van der Waals surface area contributed by atoms with Gasteiger partial charge in [-0.15, -0.1) is 11.3 Å². The van der Waals surface area contributed by atoms with Gasteiger partial charge in [0.15, 0.2) is 0 Å². The van der Waals surface area contributed by atoms with E-state index in [-0.39, 0.29) is 12.1 Å². The summed E-state index contributed by atoms with van der Waals surface area (Å²) in [6.07, 6.45) is 0.0531. The second kappa shape index (κ2) is 5.49. The molecule has 2 nitrogen and oxygen atoms in total. The van der Waals surface area contributed by atoms with Gasteiger partial charge in [0.2, 0.25) is 0 Å². The summed E-state index contributed by atoms with van der Waals surface area (Å²) in [5, 5.41) is 2.06. The summed E-state index contributed by atoms with van der Waals surface area (Å²) in [6, 6.07) is 4.17. The summed E-state index contributed by atoms with van der Waals surface area (Å²) >= 11 is 1.71. The van der Waals surface area contributed by atoms with Gasteiger partial charge >= 0.3 is 0 Å². The third kappa shape index (κ3) is 3.40. The maximum absolute atomic E-state index is 5.90. The highest BCUT2D eigenvalue weighted by Gasteiger charge is 2.17. The number of hydrogen-bond donors (Lipinski definition) is 1. The molecular formula is C11H19NOS. The normalized spacial score (nSPS) is 15.8. The van der Waals surface area contributed by atoms with E-state index in [9.17, 15) is 0 Å². The SMILES string of the molecule is CC(C)COC(c1cccs1)C(C)N. The number of hydrogen-bond acceptors (Lipinski definition) is 3. The van der Waals surface area contributed by atoms with Crippen molar-refractivity contribution >= 4 is 11.3 Å². The smallest absolute Gasteiger partial charge is 0.106 e. The summed E-state index contributed by atoms with van der Waals surface area (Å²) in [5.74, 6) is 0.552. The van der Waals surface area contributed by atoms with Gasteiger partial charge in [-0.05, 0) is 24.3 Å². The van der Waals surface area contributed by atoms with Crippen LogP contribution in [0.25, 0.3) is 0 Å². The first kappa shape index (κ1) is 11.7. The van der Waals surface area contributed by atoms with Crippen molar-refractivity contribution in [2.75, 3.05) is 6.61 Å². The highest BCUT2D eigenvalue weighted by atomic mass is 32.1. The fourth-order valence-electron chi connectivity index (χ4n) is 1.24. The Bertz CT molecular complexity index is 244. The molecule has 1 aromatic rings. The van der Waals surface area contributed by atoms with Crippen molar-refractivity contribution in [3.63, 3.8) is 0 Å². The third-order valence-corrected chi connectivity index (χ3v) is 2.84. The van der Waals surface area contributed by atoms with Crippen LogP contribution < -0.4 is 5.73 Å². The molecule has 2 unspecified atom stereocenters. The zero-order valence-electron chi connectivity index (χ0n) is 9.07. The summed E-state index contributed by atoms with van der Waals surface area (Å²) in [4.78, 5) is 1.22. The van der Waals surface area contributed by atoms with Crippen LogP contribution in [-0.4, -0.2) is 12.6 Å². The standard InChI is InChI=1S/C11H19NOS/c1-8(2)7-13-11(9(3)12)10-5-4-6-14-10/h4-6,8-9,11H,7,12H2,1-3H3. The molecule has 0 aromatic carbocycles. The first-order chi connectivity index (χ1) is 6.61. The Hall–Kier alpha value is -0.380. The molecule has 0 saturated carbocycles. The minimum Gasteiger partial charge on any atom is -0.371 e. The molecule has 0 aliphatic heterocycles. The Labute approximate surface area is 90.1 Å². The molecule has 1 heterocycles. The molecule has 3 heteroatoms. The second-order valence-electron chi connectivity index (χ2n) is 4.02. The molecule has 1 rings (SSSR count). The van der Waals surface area contributed by atoms with Gasteiger partial charge in [0, 0.05) is 17.5 Å². The molecule has 0 fully saturated rings. The van der Waals surface area contributed by atoms with Crippen LogP contribution in [0, 0.1) is 5.92 Å². The van der Waals surface area contributed by atoms with Gasteiger partial charge < -0.3 is 10.5 Å². The first-order valence-corrected chi connectivity index (χ1v) is 5.89. The lowest BCUT2D eigenvalue weighted by molar-refractivity contribution is 0.0243. The van der Waals surface area contributed by atoms with Crippen molar-refractivity contribution in [3.05, 3.63) is 22.4 Å². The number of nitrogens with two attached hydrogens (primary N) is 1. The van der Waals surface area contributed by atoms with E-state index in [1.54, 1.807) is 11.3 Å². The quantitative estimate of drug-likeness (QED) is 0.816. The van der Waals surface area contributed by atoms with Crippen LogP contribution in [0.15, 0.2) is 17.5 Å². The summed E-state index contributed by atoms with van der Waals surface area (Å²) < 4.78 is 5.79. The summed E-state index contributed by atoms with van der Waals surface area (Å²) in [6.45, 7) is 7.05. The molecule has 2 N–H and O–H groups in total. The van der Waals surface area contributed by atoms with E-state index < -0.39 is 0 Å². The Kier molecular flexibility index (Phi) is 4.58. The lowest BCUT2D eigenvalue weighted by Gasteiger charge is -2.21. The zero-order chi connectivity index (χ0) is 10.6. The minimum atomic E-state index is 0.0485. The van der Waals surface area contributed by atoms with Gasteiger partial charge in [-0.2, -0.15) is 0 Å². The minimum absolute atomic E-state index is 0.0485. The molecular weight excluding hydrogens is 194 g/mol. The Morgan fingerprint density at radius 2 is 2.14 bits per heavy atom. The van der Waals surface area contributed by atoms with E-state index in [0.29, 0.717) is 5.92 Å². The van der Waals surface area contributed by atoms with Crippen LogP contribution in [0.1, 0.15) is 31.8 Å². The van der Waals surface area contributed by atoms with Crippen LogP contribution in [-0.2, 0) is 4.74 Å². The van der Waals surface area contributed by atoms with Gasteiger partial charge in [-0.1, -0.05) is 19.9 Å². The van der Waals surface area contributed by atoms with Gasteiger partial charge in [0.1, 0.15) is 6.10 Å². The lowest BCUT2D eigenvalue weighted by atomic mass is 10.1. The molecule has 80 valence electrons. The van der Waals surface area contributed by atoms with Crippen molar-refractivity contribution in [1.82, 2.24) is 0 Å². The molecule has 14 heavy (non-hydrogen) atoms. The number of ether oxygens (including phenoxy) is 1. The third-order valence-electron chi connectivity index (χ3n) is 1.91. The zero-order valence-corrected chi connectivity index (χ0v) is 9.88. The van der Waals surface area contributed by atoms with Gasteiger partial charge in [0.25, 0.3) is 0 Å². The van der Waals surface area contributed by atoms with Crippen LogP contribution in [0.4, 0.5) is 0 Å². The monoisotopic (exact) mass is 213 g/mol. The Balaban J connectivity index is 2.57. The van der Waals surface area contributed by atoms with E-state index >= 15 is 0 Å². The largest absolute Gasteiger partial charge is 0.371 e. The van der Waals surface area contributed by atoms with Crippen LogP contribution in [0.2, 0.25) is 0 Å². The number of thiophene rings is 1. The predicted octanol–water partition coefficient (Wildman–Crippen LogP) is 2.81. The van der Waals surface area contributed by atoms with Gasteiger partial charge in [0.05, 0.1) is 0 Å². The summed E-state index contributed by atoms with van der Waals surface area (Å²) in [7, 11) is 0. The molecule has 2 atom stereocenters. The molecule has 0 amide bonds. The van der Waals surface area contributed by atoms with Gasteiger partial charge in [-0.3, -0.25) is 0 Å². The Morgan fingerprint density at radius 3 is 2.57 bits per heavy atom.